The predicted octanol–water partition coefficient (Wildman–Crippen LogP) is 6.48. The molecule has 0 heterocycles. The zero-order valence-electron chi connectivity index (χ0n) is 19.1. The second-order valence-electron chi connectivity index (χ2n) is 8.50. The summed E-state index contributed by atoms with van der Waals surface area (Å²) in [6, 6.07) is 14.8. The number of nitrogens with zero attached hydrogens (tertiary/aromatic N) is 1. The second-order valence-corrected chi connectivity index (χ2v) is 10.3. The SMILES string of the molecule is CCC(C(=O)NC1CCCCC1)N(Cc1ccc(Cl)cc1)C(=O)CSCc1ccccc1Cl. The third-order valence-corrected chi connectivity index (χ3v) is 7.63. The Morgan fingerprint density at radius 3 is 2.42 bits per heavy atom. The average Bonchev–Trinajstić information content (AvgIpc) is 2.82. The van der Waals surface area contributed by atoms with Gasteiger partial charge in [-0.3, -0.25) is 9.59 Å². The van der Waals surface area contributed by atoms with Gasteiger partial charge in [0.1, 0.15) is 6.04 Å². The Morgan fingerprint density at radius 1 is 1.06 bits per heavy atom. The van der Waals surface area contributed by atoms with Crippen LogP contribution in [0.5, 0.6) is 0 Å². The van der Waals surface area contributed by atoms with Crippen molar-refractivity contribution >= 4 is 46.8 Å². The van der Waals surface area contributed by atoms with Crippen molar-refractivity contribution < 1.29 is 9.59 Å². The molecule has 1 N–H and O–H groups in total. The minimum absolute atomic E-state index is 0.0485. The molecule has 7 heteroatoms. The van der Waals surface area contributed by atoms with E-state index in [0.717, 1.165) is 36.8 Å². The molecule has 0 aromatic heterocycles. The summed E-state index contributed by atoms with van der Waals surface area (Å²) in [4.78, 5) is 28.3. The van der Waals surface area contributed by atoms with Crippen molar-refractivity contribution in [1.29, 1.82) is 0 Å². The van der Waals surface area contributed by atoms with Crippen LogP contribution in [0.1, 0.15) is 56.6 Å². The van der Waals surface area contributed by atoms with Crippen molar-refractivity contribution in [1.82, 2.24) is 10.2 Å². The maximum absolute atomic E-state index is 13.4. The minimum atomic E-state index is -0.504. The molecule has 178 valence electrons. The van der Waals surface area contributed by atoms with Gasteiger partial charge in [-0.2, -0.15) is 0 Å². The van der Waals surface area contributed by atoms with Gasteiger partial charge >= 0.3 is 0 Å². The first kappa shape index (κ1) is 25.9. The molecule has 0 aliphatic heterocycles. The molecule has 1 saturated carbocycles. The van der Waals surface area contributed by atoms with Gasteiger partial charge in [0.05, 0.1) is 5.75 Å². The molecule has 0 radical (unpaired) electrons. The molecule has 0 spiro atoms. The Hall–Kier alpha value is -1.69. The number of amides is 2. The van der Waals surface area contributed by atoms with E-state index >= 15 is 0 Å². The molecule has 33 heavy (non-hydrogen) atoms. The van der Waals surface area contributed by atoms with E-state index in [1.54, 1.807) is 4.90 Å². The number of halogens is 2. The smallest absolute Gasteiger partial charge is 0.243 e. The number of hydrogen-bond acceptors (Lipinski definition) is 3. The molecule has 0 bridgehead atoms. The molecule has 3 rings (SSSR count). The molecule has 2 amide bonds. The minimum Gasteiger partial charge on any atom is -0.352 e. The fourth-order valence-corrected chi connectivity index (χ4v) is 5.52. The van der Waals surface area contributed by atoms with E-state index in [-0.39, 0.29) is 23.6 Å². The van der Waals surface area contributed by atoms with Gasteiger partial charge < -0.3 is 10.2 Å². The third-order valence-electron chi connectivity index (χ3n) is 6.04. The fraction of sp³-hybridized carbons (Fsp3) is 0.462. The fourth-order valence-electron chi connectivity index (χ4n) is 4.20. The molecule has 0 saturated heterocycles. The van der Waals surface area contributed by atoms with E-state index in [4.69, 9.17) is 23.2 Å². The molecule has 4 nitrogen and oxygen atoms in total. The van der Waals surface area contributed by atoms with Crippen molar-refractivity contribution in [2.75, 3.05) is 5.75 Å². The first-order valence-corrected chi connectivity index (χ1v) is 13.5. The zero-order valence-corrected chi connectivity index (χ0v) is 21.4. The highest BCUT2D eigenvalue weighted by atomic mass is 35.5. The summed E-state index contributed by atoms with van der Waals surface area (Å²) in [5.74, 6) is 0.826. The predicted molar refractivity (Wildman–Crippen MR) is 139 cm³/mol. The highest BCUT2D eigenvalue weighted by Crippen LogP contribution is 2.23. The van der Waals surface area contributed by atoms with Crippen molar-refractivity contribution in [3.8, 4) is 0 Å². The lowest BCUT2D eigenvalue weighted by molar-refractivity contribution is -0.139. The Morgan fingerprint density at radius 2 is 1.76 bits per heavy atom. The molecule has 2 aromatic carbocycles. The lowest BCUT2D eigenvalue weighted by Crippen LogP contribution is -2.52. The summed E-state index contributed by atoms with van der Waals surface area (Å²) in [6.07, 6.45) is 6.12. The number of hydrogen-bond donors (Lipinski definition) is 1. The summed E-state index contributed by atoms with van der Waals surface area (Å²) in [5, 5.41) is 4.56. The Bertz CT molecular complexity index is 917. The van der Waals surface area contributed by atoms with E-state index in [1.807, 2.05) is 55.5 Å². The van der Waals surface area contributed by atoms with Gasteiger partial charge in [0, 0.05) is 28.4 Å². The molecule has 1 aliphatic rings. The molecule has 1 fully saturated rings. The van der Waals surface area contributed by atoms with E-state index in [0.29, 0.717) is 28.8 Å². The molecule has 2 aromatic rings. The largest absolute Gasteiger partial charge is 0.352 e. The van der Waals surface area contributed by atoms with Crippen LogP contribution >= 0.6 is 35.0 Å². The first-order valence-electron chi connectivity index (χ1n) is 11.6. The highest BCUT2D eigenvalue weighted by molar-refractivity contribution is 7.99. The number of benzene rings is 2. The molecule has 1 atom stereocenters. The number of carbonyl (C=O) groups excluding carboxylic acids is 2. The standard InChI is InChI=1S/C26H32Cl2N2O2S/c1-2-24(26(32)29-22-9-4-3-5-10-22)30(16-19-12-14-21(27)15-13-19)25(31)18-33-17-20-8-6-7-11-23(20)28/h6-8,11-15,22,24H,2-5,9-10,16-18H2,1H3,(H,29,32). The van der Waals surface area contributed by atoms with Gasteiger partial charge in [0.2, 0.25) is 11.8 Å². The lowest BCUT2D eigenvalue weighted by atomic mass is 9.95. The number of nitrogens with one attached hydrogen (secondary N) is 1. The van der Waals surface area contributed by atoms with Gasteiger partial charge in [-0.25, -0.2) is 0 Å². The van der Waals surface area contributed by atoms with Gasteiger partial charge in [-0.05, 0) is 48.6 Å². The second kappa shape index (κ2) is 13.3. The van der Waals surface area contributed by atoms with Gasteiger partial charge in [-0.1, -0.05) is 79.7 Å². The summed E-state index contributed by atoms with van der Waals surface area (Å²) < 4.78 is 0. The quantitative estimate of drug-likeness (QED) is 0.400. The molecular weight excluding hydrogens is 475 g/mol. The molecule has 1 aliphatic carbocycles. The van der Waals surface area contributed by atoms with E-state index in [1.165, 1.54) is 18.2 Å². The van der Waals surface area contributed by atoms with Crippen molar-refractivity contribution in [3.05, 3.63) is 69.7 Å². The number of thioether (sulfide) groups is 1. The molecular formula is C26H32Cl2N2O2S. The van der Waals surface area contributed by atoms with Crippen LogP contribution in [0.25, 0.3) is 0 Å². The lowest BCUT2D eigenvalue weighted by Gasteiger charge is -2.32. The maximum atomic E-state index is 13.4. The Balaban J connectivity index is 1.70. The van der Waals surface area contributed by atoms with E-state index in [2.05, 4.69) is 5.32 Å². The van der Waals surface area contributed by atoms with Gasteiger partial charge in [-0.15, -0.1) is 11.8 Å². The monoisotopic (exact) mass is 506 g/mol. The first-order chi connectivity index (χ1) is 16.0. The third kappa shape index (κ3) is 7.94. The normalized spacial score (nSPS) is 15.1. The Kier molecular flexibility index (Phi) is 10.4. The highest BCUT2D eigenvalue weighted by Gasteiger charge is 2.30. The van der Waals surface area contributed by atoms with Crippen LogP contribution in [0.2, 0.25) is 10.0 Å². The van der Waals surface area contributed by atoms with Crippen LogP contribution in [0.3, 0.4) is 0 Å². The topological polar surface area (TPSA) is 49.4 Å². The van der Waals surface area contributed by atoms with Crippen LogP contribution in [-0.4, -0.2) is 34.6 Å². The summed E-state index contributed by atoms with van der Waals surface area (Å²) in [6.45, 7) is 2.34. The van der Waals surface area contributed by atoms with Crippen molar-refractivity contribution in [3.63, 3.8) is 0 Å². The van der Waals surface area contributed by atoms with Crippen LogP contribution in [0.15, 0.2) is 48.5 Å². The summed E-state index contributed by atoms with van der Waals surface area (Å²) in [7, 11) is 0. The van der Waals surface area contributed by atoms with Crippen LogP contribution in [0, 0.1) is 0 Å². The van der Waals surface area contributed by atoms with Crippen molar-refractivity contribution in [2.24, 2.45) is 0 Å². The number of rotatable bonds is 10. The maximum Gasteiger partial charge on any atom is 0.243 e. The van der Waals surface area contributed by atoms with Gasteiger partial charge in [0.25, 0.3) is 0 Å². The summed E-state index contributed by atoms with van der Waals surface area (Å²) >= 11 is 13.8. The Labute approximate surface area is 211 Å². The van der Waals surface area contributed by atoms with Gasteiger partial charge in [0.15, 0.2) is 0 Å². The molecule has 1 unspecified atom stereocenters. The zero-order chi connectivity index (χ0) is 23.6. The van der Waals surface area contributed by atoms with E-state index < -0.39 is 6.04 Å². The summed E-state index contributed by atoms with van der Waals surface area (Å²) in [5.41, 5.74) is 1.95. The number of carbonyl (C=O) groups is 2. The van der Waals surface area contributed by atoms with Crippen LogP contribution in [-0.2, 0) is 21.9 Å². The van der Waals surface area contributed by atoms with Crippen LogP contribution in [0.4, 0.5) is 0 Å². The van der Waals surface area contributed by atoms with Crippen LogP contribution < -0.4 is 5.32 Å². The van der Waals surface area contributed by atoms with E-state index in [9.17, 15) is 9.59 Å². The van der Waals surface area contributed by atoms with Crippen molar-refractivity contribution in [2.45, 2.75) is 69.8 Å². The average molecular weight is 508 g/mol.